The van der Waals surface area contributed by atoms with Crippen molar-refractivity contribution >= 4 is 27.1 Å². The molecule has 0 aliphatic carbocycles. The van der Waals surface area contributed by atoms with Gasteiger partial charge in [0.2, 0.25) is 0 Å². The highest BCUT2D eigenvalue weighted by Crippen LogP contribution is 2.38. The number of hydrogen-bond acceptors (Lipinski definition) is 8. The van der Waals surface area contributed by atoms with Gasteiger partial charge in [-0.3, -0.25) is 0 Å². The normalized spacial score (nSPS) is 15.2. The summed E-state index contributed by atoms with van der Waals surface area (Å²) in [6.07, 6.45) is 1.45. The lowest BCUT2D eigenvalue weighted by molar-refractivity contribution is 0.0275. The summed E-state index contributed by atoms with van der Waals surface area (Å²) in [5.41, 5.74) is 2.86. The maximum absolute atomic E-state index is 14.3. The third-order valence-corrected chi connectivity index (χ3v) is 10.3. The van der Waals surface area contributed by atoms with E-state index < -0.39 is 27.3 Å². The van der Waals surface area contributed by atoms with Crippen LogP contribution < -0.4 is 4.74 Å². The lowest BCUT2D eigenvalue weighted by Crippen LogP contribution is -2.36. The standard InChI is InChI=1S/C39H40N4O6S/c1-25-7-14-31(15-8-25)50(46,47)43-34(26-9-12-29(13-10-26)39(5,6)45)22-33-32(17-19-41-36(33)43)27-11-16-35(28(21-27)23-40)48-30-18-20-42(24-30)37(44)49-38(2,3)4/h7-17,19,21-22,30,45H,18,20,24H2,1-6H3. The first kappa shape index (κ1) is 34.7. The second kappa shape index (κ2) is 12.9. The largest absolute Gasteiger partial charge is 0.487 e. The van der Waals surface area contributed by atoms with Crippen LogP contribution in [0.1, 0.15) is 57.7 Å². The third kappa shape index (κ3) is 6.95. The number of carbonyl (C=O) groups excluding carboxylic acids is 1. The number of nitrogens with zero attached hydrogens (tertiary/aromatic N) is 4. The SMILES string of the molecule is Cc1ccc(S(=O)(=O)n2c(-c3ccc(C(C)(C)O)cc3)cc3c(-c4ccc(OC5CCN(C(=O)OC(C)(C)C)C5)c(C#N)c4)ccnc32)cc1. The Bertz CT molecular complexity index is 2220. The number of aryl methyl sites for hydroxylation is 1. The van der Waals surface area contributed by atoms with Gasteiger partial charge < -0.3 is 19.5 Å². The predicted molar refractivity (Wildman–Crippen MR) is 191 cm³/mol. The number of carbonyl (C=O) groups is 1. The van der Waals surface area contributed by atoms with Crippen LogP contribution in [0.5, 0.6) is 5.75 Å². The Morgan fingerprint density at radius 1 is 0.960 bits per heavy atom. The molecule has 1 saturated heterocycles. The summed E-state index contributed by atoms with van der Waals surface area (Å²) < 4.78 is 41.6. The van der Waals surface area contributed by atoms with Crippen LogP contribution in [0.2, 0.25) is 0 Å². The van der Waals surface area contributed by atoms with Crippen LogP contribution >= 0.6 is 0 Å². The van der Waals surface area contributed by atoms with Crippen molar-refractivity contribution in [2.24, 2.45) is 0 Å². The quantitative estimate of drug-likeness (QED) is 0.186. The number of fused-ring (bicyclic) bond motifs is 1. The summed E-state index contributed by atoms with van der Waals surface area (Å²) in [5.74, 6) is 0.393. The van der Waals surface area contributed by atoms with E-state index in [1.807, 2.05) is 33.8 Å². The molecule has 1 N–H and O–H groups in total. The molecular formula is C39H40N4O6S. The lowest BCUT2D eigenvalue weighted by atomic mass is 9.96. The molecular weight excluding hydrogens is 653 g/mol. The minimum absolute atomic E-state index is 0.118. The number of pyridine rings is 1. The highest BCUT2D eigenvalue weighted by molar-refractivity contribution is 7.90. The van der Waals surface area contributed by atoms with Crippen LogP contribution in [-0.4, -0.2) is 58.3 Å². The summed E-state index contributed by atoms with van der Waals surface area (Å²) in [4.78, 5) is 18.8. The average Bonchev–Trinajstić information content (AvgIpc) is 3.70. The molecule has 1 atom stereocenters. The lowest BCUT2D eigenvalue weighted by Gasteiger charge is -2.24. The van der Waals surface area contributed by atoms with Crippen LogP contribution in [0.4, 0.5) is 4.79 Å². The van der Waals surface area contributed by atoms with Crippen LogP contribution in [-0.2, 0) is 20.4 Å². The van der Waals surface area contributed by atoms with Crippen LogP contribution in [0.25, 0.3) is 33.4 Å². The Kier molecular flexibility index (Phi) is 8.97. The van der Waals surface area contributed by atoms with Gasteiger partial charge in [0.05, 0.1) is 28.3 Å². The molecule has 3 aromatic carbocycles. The minimum atomic E-state index is -4.11. The molecule has 1 unspecified atom stereocenters. The van der Waals surface area contributed by atoms with E-state index >= 15 is 0 Å². The number of nitriles is 1. The molecule has 258 valence electrons. The second-order valence-corrected chi connectivity index (χ2v) is 15.9. The van der Waals surface area contributed by atoms with Gasteiger partial charge in [0.15, 0.2) is 5.65 Å². The van der Waals surface area contributed by atoms with Crippen molar-refractivity contribution in [2.45, 2.75) is 70.2 Å². The van der Waals surface area contributed by atoms with Crippen molar-refractivity contribution < 1.29 is 27.8 Å². The molecule has 50 heavy (non-hydrogen) atoms. The monoisotopic (exact) mass is 692 g/mol. The average molecular weight is 693 g/mol. The molecule has 11 heteroatoms. The van der Waals surface area contributed by atoms with Gasteiger partial charge in [-0.05, 0) is 100 Å². The van der Waals surface area contributed by atoms with E-state index in [4.69, 9.17) is 9.47 Å². The zero-order chi connectivity index (χ0) is 36.0. The first-order chi connectivity index (χ1) is 23.5. The van der Waals surface area contributed by atoms with E-state index in [2.05, 4.69) is 11.1 Å². The molecule has 10 nitrogen and oxygen atoms in total. The Morgan fingerprint density at radius 3 is 2.28 bits per heavy atom. The number of hydrogen-bond donors (Lipinski definition) is 1. The van der Waals surface area contributed by atoms with Gasteiger partial charge in [-0.2, -0.15) is 5.26 Å². The number of aromatic nitrogens is 2. The van der Waals surface area contributed by atoms with Gasteiger partial charge in [-0.25, -0.2) is 22.2 Å². The molecule has 1 aliphatic heterocycles. The maximum atomic E-state index is 14.3. The molecule has 0 radical (unpaired) electrons. The van der Waals surface area contributed by atoms with E-state index in [0.717, 1.165) is 5.56 Å². The fourth-order valence-corrected chi connectivity index (χ4v) is 7.50. The van der Waals surface area contributed by atoms with Gasteiger partial charge in [0, 0.05) is 24.5 Å². The number of ether oxygens (including phenoxy) is 2. The highest BCUT2D eigenvalue weighted by Gasteiger charge is 2.32. The van der Waals surface area contributed by atoms with Crippen molar-refractivity contribution in [2.75, 3.05) is 13.1 Å². The fraction of sp³-hybridized carbons (Fsp3) is 0.308. The summed E-state index contributed by atoms with van der Waals surface area (Å²) in [6.45, 7) is 11.6. The molecule has 0 bridgehead atoms. The number of aliphatic hydroxyl groups is 1. The Morgan fingerprint density at radius 2 is 1.64 bits per heavy atom. The van der Waals surface area contributed by atoms with Crippen LogP contribution in [0.3, 0.4) is 0 Å². The summed E-state index contributed by atoms with van der Waals surface area (Å²) in [7, 11) is -4.11. The van der Waals surface area contributed by atoms with Gasteiger partial charge in [0.1, 0.15) is 23.5 Å². The van der Waals surface area contributed by atoms with Crippen LogP contribution in [0.15, 0.2) is 90.0 Å². The van der Waals surface area contributed by atoms with Crippen molar-refractivity contribution in [3.05, 3.63) is 102 Å². The molecule has 5 aromatic rings. The molecule has 3 heterocycles. The predicted octanol–water partition coefficient (Wildman–Crippen LogP) is 7.40. The third-order valence-electron chi connectivity index (χ3n) is 8.61. The number of benzene rings is 3. The topological polar surface area (TPSA) is 135 Å². The smallest absolute Gasteiger partial charge is 0.410 e. The number of amides is 1. The molecule has 0 saturated carbocycles. The molecule has 1 aliphatic rings. The Balaban J connectivity index is 1.40. The van der Waals surface area contributed by atoms with Crippen molar-refractivity contribution in [1.29, 1.82) is 5.26 Å². The van der Waals surface area contributed by atoms with E-state index in [1.165, 1.54) is 3.97 Å². The van der Waals surface area contributed by atoms with E-state index in [-0.39, 0.29) is 16.6 Å². The van der Waals surface area contributed by atoms with Gasteiger partial charge in [0.25, 0.3) is 10.0 Å². The van der Waals surface area contributed by atoms with Crippen molar-refractivity contribution in [3.8, 4) is 34.2 Å². The second-order valence-electron chi connectivity index (χ2n) is 14.1. The van der Waals surface area contributed by atoms with Crippen molar-refractivity contribution in [3.63, 3.8) is 0 Å². The molecule has 1 fully saturated rings. The summed E-state index contributed by atoms with van der Waals surface area (Å²) in [6, 6.07) is 24.9. The van der Waals surface area contributed by atoms with E-state index in [1.54, 1.807) is 97.7 Å². The maximum Gasteiger partial charge on any atom is 0.410 e. The number of likely N-dealkylation sites (tertiary alicyclic amines) is 1. The van der Waals surface area contributed by atoms with Crippen molar-refractivity contribution in [1.82, 2.24) is 13.9 Å². The van der Waals surface area contributed by atoms with Gasteiger partial charge >= 0.3 is 6.09 Å². The molecule has 0 spiro atoms. The van der Waals surface area contributed by atoms with Gasteiger partial charge in [-0.15, -0.1) is 0 Å². The van der Waals surface area contributed by atoms with E-state index in [0.29, 0.717) is 64.2 Å². The summed E-state index contributed by atoms with van der Waals surface area (Å²) in [5, 5.41) is 21.3. The Hall–Kier alpha value is -5.18. The number of rotatable bonds is 7. The fourth-order valence-electron chi connectivity index (χ4n) is 6.02. The first-order valence-electron chi connectivity index (χ1n) is 16.4. The minimum Gasteiger partial charge on any atom is -0.487 e. The molecule has 6 rings (SSSR count). The summed E-state index contributed by atoms with van der Waals surface area (Å²) >= 11 is 0. The zero-order valence-corrected chi connectivity index (χ0v) is 29.8. The molecule has 2 aromatic heterocycles. The molecule has 1 amide bonds. The Labute approximate surface area is 292 Å². The van der Waals surface area contributed by atoms with Gasteiger partial charge in [-0.1, -0.05) is 48.0 Å². The first-order valence-corrected chi connectivity index (χ1v) is 17.8. The highest BCUT2D eigenvalue weighted by atomic mass is 32.2. The zero-order valence-electron chi connectivity index (χ0n) is 29.0. The van der Waals surface area contributed by atoms with E-state index in [9.17, 15) is 23.6 Å². The van der Waals surface area contributed by atoms with Crippen LogP contribution in [0, 0.1) is 18.3 Å².